The Kier molecular flexibility index (Phi) is 4.40. The summed E-state index contributed by atoms with van der Waals surface area (Å²) >= 11 is 0. The van der Waals surface area contributed by atoms with Gasteiger partial charge in [-0.15, -0.1) is 0 Å². The van der Waals surface area contributed by atoms with Gasteiger partial charge in [0, 0.05) is 6.07 Å². The van der Waals surface area contributed by atoms with E-state index in [2.05, 4.69) is 15.0 Å². The largest absolute Gasteiger partial charge is 0.478 e. The van der Waals surface area contributed by atoms with E-state index in [4.69, 9.17) is 4.74 Å². The van der Waals surface area contributed by atoms with Crippen molar-refractivity contribution in [3.05, 3.63) is 18.2 Å². The fourth-order valence-electron chi connectivity index (χ4n) is 0.976. The Morgan fingerprint density at radius 2 is 2.33 bits per heavy atom. The topological polar surface area (TPSA) is 60.5 Å². The molecule has 0 aliphatic heterocycles. The lowest BCUT2D eigenvalue weighted by Gasteiger charge is -2.06. The van der Waals surface area contributed by atoms with Gasteiger partial charge in [0.1, 0.15) is 12.4 Å². The molecule has 1 N–H and O–H groups in total. The number of hydrogen-bond acceptors (Lipinski definition) is 5. The average molecular weight is 210 g/mol. The molecule has 5 heteroatoms. The van der Waals surface area contributed by atoms with Crippen LogP contribution in [0.5, 0.6) is 5.88 Å². The van der Waals surface area contributed by atoms with Crippen LogP contribution in [0, 0.1) is 0 Å². The van der Waals surface area contributed by atoms with Crippen LogP contribution in [-0.2, 0) is 9.53 Å². The summed E-state index contributed by atoms with van der Waals surface area (Å²) < 4.78 is 9.70. The maximum absolute atomic E-state index is 10.9. The van der Waals surface area contributed by atoms with Crippen molar-refractivity contribution in [3.63, 3.8) is 0 Å². The SMILES string of the molecule is CCOc1cccc(NCC(=O)OC)n1. The Morgan fingerprint density at radius 1 is 1.53 bits per heavy atom. The van der Waals surface area contributed by atoms with E-state index in [1.54, 1.807) is 18.2 Å². The van der Waals surface area contributed by atoms with Gasteiger partial charge in [-0.2, -0.15) is 4.98 Å². The van der Waals surface area contributed by atoms with E-state index in [1.807, 2.05) is 6.92 Å². The lowest BCUT2D eigenvalue weighted by molar-refractivity contribution is -0.138. The number of pyridine rings is 1. The highest BCUT2D eigenvalue weighted by atomic mass is 16.5. The molecule has 1 aromatic rings. The molecule has 0 bridgehead atoms. The van der Waals surface area contributed by atoms with Crippen molar-refractivity contribution in [3.8, 4) is 5.88 Å². The summed E-state index contributed by atoms with van der Waals surface area (Å²) in [4.78, 5) is 15.0. The number of anilines is 1. The van der Waals surface area contributed by atoms with Crippen molar-refractivity contribution in [2.24, 2.45) is 0 Å². The summed E-state index contributed by atoms with van der Waals surface area (Å²) in [6, 6.07) is 5.32. The van der Waals surface area contributed by atoms with Gasteiger partial charge in [-0.3, -0.25) is 4.79 Å². The number of nitrogens with one attached hydrogen (secondary N) is 1. The van der Waals surface area contributed by atoms with E-state index in [0.717, 1.165) is 0 Å². The highest BCUT2D eigenvalue weighted by Gasteiger charge is 2.01. The van der Waals surface area contributed by atoms with Crippen molar-refractivity contribution >= 4 is 11.8 Å². The first-order valence-corrected chi connectivity index (χ1v) is 4.66. The van der Waals surface area contributed by atoms with Gasteiger partial charge in [0.05, 0.1) is 13.7 Å². The molecule has 1 heterocycles. The number of ether oxygens (including phenoxy) is 2. The van der Waals surface area contributed by atoms with Crippen molar-refractivity contribution in [2.75, 3.05) is 25.6 Å². The van der Waals surface area contributed by atoms with E-state index in [9.17, 15) is 4.79 Å². The lowest BCUT2D eigenvalue weighted by Crippen LogP contribution is -2.15. The highest BCUT2D eigenvalue weighted by molar-refractivity contribution is 5.74. The van der Waals surface area contributed by atoms with Gasteiger partial charge in [-0.05, 0) is 13.0 Å². The number of rotatable bonds is 5. The minimum absolute atomic E-state index is 0.0963. The van der Waals surface area contributed by atoms with Crippen molar-refractivity contribution < 1.29 is 14.3 Å². The van der Waals surface area contributed by atoms with Crippen LogP contribution in [0.4, 0.5) is 5.82 Å². The molecule has 0 radical (unpaired) electrons. The van der Waals surface area contributed by atoms with E-state index in [1.165, 1.54) is 7.11 Å². The molecule has 0 aliphatic rings. The number of nitrogens with zero attached hydrogens (tertiary/aromatic N) is 1. The third-order valence-electron chi connectivity index (χ3n) is 1.66. The standard InChI is InChI=1S/C10H14N2O3/c1-3-15-9-6-4-5-8(12-9)11-7-10(13)14-2/h4-6H,3,7H2,1-2H3,(H,11,12). The van der Waals surface area contributed by atoms with Crippen LogP contribution in [0.3, 0.4) is 0 Å². The van der Waals surface area contributed by atoms with Gasteiger partial charge in [0.15, 0.2) is 0 Å². The van der Waals surface area contributed by atoms with Crippen LogP contribution in [0.25, 0.3) is 0 Å². The van der Waals surface area contributed by atoms with Gasteiger partial charge in [0.25, 0.3) is 0 Å². The zero-order valence-corrected chi connectivity index (χ0v) is 8.82. The molecule has 0 saturated carbocycles. The van der Waals surface area contributed by atoms with Gasteiger partial charge in [0.2, 0.25) is 5.88 Å². The van der Waals surface area contributed by atoms with E-state index >= 15 is 0 Å². The Balaban J connectivity index is 2.53. The zero-order chi connectivity index (χ0) is 11.1. The summed E-state index contributed by atoms with van der Waals surface area (Å²) in [6.07, 6.45) is 0. The van der Waals surface area contributed by atoms with Gasteiger partial charge in [-0.1, -0.05) is 6.07 Å². The number of carbonyl (C=O) groups excluding carboxylic acids is 1. The highest BCUT2D eigenvalue weighted by Crippen LogP contribution is 2.10. The molecular formula is C10H14N2O3. The molecule has 0 saturated heterocycles. The van der Waals surface area contributed by atoms with Crippen LogP contribution in [0.15, 0.2) is 18.2 Å². The second-order valence-electron chi connectivity index (χ2n) is 2.72. The third kappa shape index (κ3) is 3.84. The molecule has 0 fully saturated rings. The first-order valence-electron chi connectivity index (χ1n) is 4.66. The summed E-state index contributed by atoms with van der Waals surface area (Å²) in [6.45, 7) is 2.54. The van der Waals surface area contributed by atoms with Crippen molar-refractivity contribution in [2.45, 2.75) is 6.92 Å². The molecule has 0 aromatic carbocycles. The Hall–Kier alpha value is -1.78. The molecule has 5 nitrogen and oxygen atoms in total. The molecule has 0 unspecified atom stereocenters. The molecule has 0 amide bonds. The minimum atomic E-state index is -0.335. The fourth-order valence-corrected chi connectivity index (χ4v) is 0.976. The maximum atomic E-state index is 10.9. The number of hydrogen-bond donors (Lipinski definition) is 1. The summed E-state index contributed by atoms with van der Waals surface area (Å²) in [5.41, 5.74) is 0. The Bertz CT molecular complexity index is 328. The normalized spacial score (nSPS) is 9.47. The van der Waals surface area contributed by atoms with E-state index < -0.39 is 0 Å². The maximum Gasteiger partial charge on any atom is 0.325 e. The first kappa shape index (κ1) is 11.3. The Labute approximate surface area is 88.4 Å². The fraction of sp³-hybridized carbons (Fsp3) is 0.400. The number of methoxy groups -OCH3 is 1. The second-order valence-corrected chi connectivity index (χ2v) is 2.72. The number of carbonyl (C=O) groups is 1. The quantitative estimate of drug-likeness (QED) is 0.736. The Morgan fingerprint density at radius 3 is 3.00 bits per heavy atom. The zero-order valence-electron chi connectivity index (χ0n) is 8.82. The molecule has 1 rings (SSSR count). The molecule has 0 aliphatic carbocycles. The molecule has 1 aromatic heterocycles. The predicted molar refractivity (Wildman–Crippen MR) is 55.9 cm³/mol. The molecule has 0 spiro atoms. The number of aromatic nitrogens is 1. The van der Waals surface area contributed by atoms with Crippen LogP contribution < -0.4 is 10.1 Å². The van der Waals surface area contributed by atoms with Crippen LogP contribution >= 0.6 is 0 Å². The van der Waals surface area contributed by atoms with E-state index in [-0.39, 0.29) is 12.5 Å². The summed E-state index contributed by atoms with van der Waals surface area (Å²) in [5.74, 6) is 0.789. The smallest absolute Gasteiger partial charge is 0.325 e. The lowest BCUT2D eigenvalue weighted by atomic mass is 10.4. The van der Waals surface area contributed by atoms with Gasteiger partial charge < -0.3 is 14.8 Å². The summed E-state index contributed by atoms with van der Waals surface area (Å²) in [7, 11) is 1.34. The van der Waals surface area contributed by atoms with Crippen molar-refractivity contribution in [1.29, 1.82) is 0 Å². The monoisotopic (exact) mass is 210 g/mol. The number of esters is 1. The van der Waals surface area contributed by atoms with Crippen LogP contribution in [0.2, 0.25) is 0 Å². The second kappa shape index (κ2) is 5.85. The van der Waals surface area contributed by atoms with Crippen molar-refractivity contribution in [1.82, 2.24) is 4.98 Å². The first-order chi connectivity index (χ1) is 7.26. The van der Waals surface area contributed by atoms with Gasteiger partial charge in [-0.25, -0.2) is 0 Å². The predicted octanol–water partition coefficient (Wildman–Crippen LogP) is 1.07. The molecular weight excluding hydrogens is 196 g/mol. The van der Waals surface area contributed by atoms with E-state index in [0.29, 0.717) is 18.3 Å². The molecule has 0 atom stereocenters. The minimum Gasteiger partial charge on any atom is -0.478 e. The molecule has 15 heavy (non-hydrogen) atoms. The molecule has 82 valence electrons. The third-order valence-corrected chi connectivity index (χ3v) is 1.66. The summed E-state index contributed by atoms with van der Waals surface area (Å²) in [5, 5.41) is 2.83. The average Bonchev–Trinajstić information content (AvgIpc) is 2.27. The van der Waals surface area contributed by atoms with Gasteiger partial charge >= 0.3 is 5.97 Å². The van der Waals surface area contributed by atoms with Crippen LogP contribution in [-0.4, -0.2) is 31.2 Å². The van der Waals surface area contributed by atoms with Crippen LogP contribution in [0.1, 0.15) is 6.92 Å².